The van der Waals surface area contributed by atoms with E-state index in [2.05, 4.69) is 36.4 Å². The van der Waals surface area contributed by atoms with E-state index >= 15 is 4.39 Å². The third kappa shape index (κ3) is 6.88. The predicted molar refractivity (Wildman–Crippen MR) is 154 cm³/mol. The third-order valence-corrected chi connectivity index (χ3v) is 8.27. The first kappa shape index (κ1) is 29.7. The van der Waals surface area contributed by atoms with Crippen LogP contribution in [0.3, 0.4) is 0 Å². The molecule has 1 unspecified atom stereocenters. The molecule has 2 N–H and O–H groups in total. The van der Waals surface area contributed by atoms with Gasteiger partial charge in [-0.15, -0.1) is 0 Å². The van der Waals surface area contributed by atoms with Crippen molar-refractivity contribution in [2.45, 2.75) is 108 Å². The van der Waals surface area contributed by atoms with Crippen molar-refractivity contribution in [1.82, 2.24) is 15.6 Å². The quantitative estimate of drug-likeness (QED) is 0.361. The number of anilines is 1. The van der Waals surface area contributed by atoms with Crippen LogP contribution in [0.2, 0.25) is 0 Å². The number of allylic oxidation sites excluding steroid dienone is 2. The smallest absolute Gasteiger partial charge is 0.323 e. The molecule has 2 fully saturated rings. The normalized spacial score (nSPS) is 23.2. The first-order chi connectivity index (χ1) is 18.8. The summed E-state index contributed by atoms with van der Waals surface area (Å²) in [5.74, 6) is -1.06. The van der Waals surface area contributed by atoms with E-state index < -0.39 is 29.5 Å². The first-order valence-corrected chi connectivity index (χ1v) is 14.3. The van der Waals surface area contributed by atoms with Gasteiger partial charge in [0.25, 0.3) is 0 Å². The Morgan fingerprint density at radius 2 is 1.75 bits per heavy atom. The van der Waals surface area contributed by atoms with Gasteiger partial charge in [0.05, 0.1) is 6.20 Å². The average molecular weight is 553 g/mol. The monoisotopic (exact) mass is 552 g/mol. The SMILES string of the molecule is C/C=C/C1(F)CCC(NC(=O)C(c2cncc(F)c2)N(C(=O)NC2(C)CCC2)c2ccc(C(C)(C)C)cc2)CC1. The molecule has 1 atom stereocenters. The molecule has 3 amide bonds. The van der Waals surface area contributed by atoms with E-state index in [0.717, 1.165) is 31.0 Å². The zero-order valence-corrected chi connectivity index (χ0v) is 24.3. The number of carbonyl (C=O) groups is 2. The highest BCUT2D eigenvalue weighted by atomic mass is 19.1. The van der Waals surface area contributed by atoms with Crippen LogP contribution in [0.5, 0.6) is 0 Å². The van der Waals surface area contributed by atoms with Gasteiger partial charge in [0.2, 0.25) is 5.91 Å². The number of pyridine rings is 1. The van der Waals surface area contributed by atoms with Crippen molar-refractivity contribution in [3.63, 3.8) is 0 Å². The number of aromatic nitrogens is 1. The fourth-order valence-corrected chi connectivity index (χ4v) is 5.64. The van der Waals surface area contributed by atoms with Crippen LogP contribution in [-0.4, -0.2) is 34.2 Å². The van der Waals surface area contributed by atoms with Crippen LogP contribution in [0.25, 0.3) is 0 Å². The molecule has 0 saturated heterocycles. The molecule has 2 saturated carbocycles. The van der Waals surface area contributed by atoms with Crippen molar-refractivity contribution in [3.8, 4) is 0 Å². The lowest BCUT2D eigenvalue weighted by Gasteiger charge is -2.42. The molecular formula is C32H42F2N4O2. The second-order valence-electron chi connectivity index (χ2n) is 12.7. The number of hydrogen-bond acceptors (Lipinski definition) is 3. The Kier molecular flexibility index (Phi) is 8.66. The molecule has 1 aromatic heterocycles. The average Bonchev–Trinajstić information content (AvgIpc) is 2.87. The summed E-state index contributed by atoms with van der Waals surface area (Å²) in [7, 11) is 0. The molecule has 0 bridgehead atoms. The molecule has 8 heteroatoms. The summed E-state index contributed by atoms with van der Waals surface area (Å²) in [6.07, 6.45) is 10.0. The van der Waals surface area contributed by atoms with Gasteiger partial charge in [-0.25, -0.2) is 13.6 Å². The molecule has 0 aliphatic heterocycles. The maximum Gasteiger partial charge on any atom is 0.323 e. The molecule has 1 heterocycles. The predicted octanol–water partition coefficient (Wildman–Crippen LogP) is 7.06. The Morgan fingerprint density at radius 3 is 2.27 bits per heavy atom. The van der Waals surface area contributed by atoms with Crippen LogP contribution < -0.4 is 15.5 Å². The second-order valence-corrected chi connectivity index (χ2v) is 12.7. The lowest BCUT2D eigenvalue weighted by atomic mass is 9.79. The second kappa shape index (κ2) is 11.7. The topological polar surface area (TPSA) is 74.3 Å². The lowest BCUT2D eigenvalue weighted by Crippen LogP contribution is -2.58. The summed E-state index contributed by atoms with van der Waals surface area (Å²) in [5, 5.41) is 6.17. The van der Waals surface area contributed by atoms with Gasteiger partial charge in [0.15, 0.2) is 0 Å². The van der Waals surface area contributed by atoms with Crippen LogP contribution >= 0.6 is 0 Å². The first-order valence-electron chi connectivity index (χ1n) is 14.3. The fraction of sp³-hybridized carbons (Fsp3) is 0.531. The maximum absolute atomic E-state index is 15.0. The number of benzene rings is 1. The van der Waals surface area contributed by atoms with E-state index in [1.807, 2.05) is 31.2 Å². The van der Waals surface area contributed by atoms with E-state index in [0.29, 0.717) is 31.4 Å². The van der Waals surface area contributed by atoms with Gasteiger partial charge >= 0.3 is 6.03 Å². The summed E-state index contributed by atoms with van der Waals surface area (Å²) in [4.78, 5) is 33.4. The number of hydrogen-bond donors (Lipinski definition) is 2. The zero-order valence-electron chi connectivity index (χ0n) is 24.3. The van der Waals surface area contributed by atoms with E-state index in [-0.39, 0.29) is 22.6 Å². The summed E-state index contributed by atoms with van der Waals surface area (Å²) < 4.78 is 29.4. The molecule has 2 aliphatic rings. The summed E-state index contributed by atoms with van der Waals surface area (Å²) in [6, 6.07) is 6.91. The van der Waals surface area contributed by atoms with Crippen molar-refractivity contribution >= 4 is 17.6 Å². The molecule has 2 aliphatic carbocycles. The van der Waals surface area contributed by atoms with Gasteiger partial charge in [0.1, 0.15) is 17.5 Å². The van der Waals surface area contributed by atoms with Gasteiger partial charge in [-0.05, 0) is 88.0 Å². The number of carbonyl (C=O) groups excluding carboxylic acids is 2. The van der Waals surface area contributed by atoms with Gasteiger partial charge < -0.3 is 10.6 Å². The number of halogens is 2. The van der Waals surface area contributed by atoms with Crippen LogP contribution in [0, 0.1) is 5.82 Å². The number of urea groups is 1. The van der Waals surface area contributed by atoms with Gasteiger partial charge in [-0.2, -0.15) is 0 Å². The number of rotatable bonds is 7. The molecule has 4 rings (SSSR count). The van der Waals surface area contributed by atoms with E-state index in [1.165, 1.54) is 17.2 Å². The summed E-state index contributed by atoms with van der Waals surface area (Å²) >= 11 is 0. The lowest BCUT2D eigenvalue weighted by molar-refractivity contribution is -0.123. The third-order valence-electron chi connectivity index (χ3n) is 8.27. The molecule has 2 aromatic rings. The Bertz CT molecular complexity index is 1230. The zero-order chi connectivity index (χ0) is 29.1. The van der Waals surface area contributed by atoms with Crippen molar-refractivity contribution in [2.75, 3.05) is 4.90 Å². The molecular weight excluding hydrogens is 510 g/mol. The number of alkyl halides is 1. The molecule has 216 valence electrons. The van der Waals surface area contributed by atoms with E-state index in [4.69, 9.17) is 0 Å². The molecule has 40 heavy (non-hydrogen) atoms. The minimum atomic E-state index is -1.37. The van der Waals surface area contributed by atoms with Gasteiger partial charge in [-0.1, -0.05) is 45.1 Å². The number of nitrogens with zero attached hydrogens (tertiary/aromatic N) is 2. The molecule has 0 radical (unpaired) electrons. The van der Waals surface area contributed by atoms with Gasteiger partial charge in [0, 0.05) is 29.0 Å². The van der Waals surface area contributed by atoms with Gasteiger partial charge in [-0.3, -0.25) is 14.7 Å². The van der Waals surface area contributed by atoms with Crippen molar-refractivity contribution in [1.29, 1.82) is 0 Å². The highest BCUT2D eigenvalue weighted by Crippen LogP contribution is 2.36. The number of nitrogens with one attached hydrogen (secondary N) is 2. The van der Waals surface area contributed by atoms with Crippen LogP contribution in [-0.2, 0) is 10.2 Å². The van der Waals surface area contributed by atoms with Crippen molar-refractivity contribution in [3.05, 3.63) is 71.8 Å². The minimum absolute atomic E-state index is 0.103. The van der Waals surface area contributed by atoms with E-state index in [1.54, 1.807) is 19.1 Å². The minimum Gasteiger partial charge on any atom is -0.351 e. The molecule has 1 aromatic carbocycles. The largest absolute Gasteiger partial charge is 0.351 e. The fourth-order valence-electron chi connectivity index (χ4n) is 5.64. The standard InChI is InChI=1S/C32H42F2N4O2/c1-6-14-32(34)17-12-25(13-18-32)36-28(39)27(22-19-24(33)21-35-20-22)38(29(40)37-31(5)15-7-16-31)26-10-8-23(9-11-26)30(2,3)4/h6,8-11,14,19-21,25,27H,7,12-13,15-18H2,1-5H3,(H,36,39)(H,37,40)/b14-6+. The Hall–Kier alpha value is -3.29. The van der Waals surface area contributed by atoms with E-state index in [9.17, 15) is 14.0 Å². The van der Waals surface area contributed by atoms with Crippen LogP contribution in [0.4, 0.5) is 19.3 Å². The van der Waals surface area contributed by atoms with Crippen LogP contribution in [0.1, 0.15) is 96.7 Å². The van der Waals surface area contributed by atoms with Crippen molar-refractivity contribution < 1.29 is 18.4 Å². The summed E-state index contributed by atoms with van der Waals surface area (Å²) in [6.45, 7) is 10.1. The highest BCUT2D eigenvalue weighted by Gasteiger charge is 2.40. The Balaban J connectivity index is 1.70. The molecule has 0 spiro atoms. The Morgan fingerprint density at radius 1 is 1.10 bits per heavy atom. The Labute approximate surface area is 236 Å². The maximum atomic E-state index is 15.0. The van der Waals surface area contributed by atoms with Crippen molar-refractivity contribution in [2.24, 2.45) is 0 Å². The summed E-state index contributed by atoms with van der Waals surface area (Å²) in [5.41, 5.74) is -0.000719. The highest BCUT2D eigenvalue weighted by molar-refractivity contribution is 6.01. The molecule has 6 nitrogen and oxygen atoms in total. The number of amides is 3. The van der Waals surface area contributed by atoms with Crippen LogP contribution in [0.15, 0.2) is 54.9 Å².